The third-order valence-electron chi connectivity index (χ3n) is 6.14. The van der Waals surface area contributed by atoms with Gasteiger partial charge in [-0.15, -0.1) is 0 Å². The van der Waals surface area contributed by atoms with E-state index in [-0.39, 0.29) is 30.4 Å². The average molecular weight is 482 g/mol. The fraction of sp³-hybridized carbons (Fsp3) is 0.682. The molecule has 2 aliphatic heterocycles. The molecule has 3 unspecified atom stereocenters. The molecule has 3 atom stereocenters. The number of likely N-dealkylation sites (tertiary alicyclic amines) is 1. The van der Waals surface area contributed by atoms with Crippen molar-refractivity contribution in [2.24, 2.45) is 0 Å². The van der Waals surface area contributed by atoms with Crippen LogP contribution in [0.1, 0.15) is 62.3 Å². The molecule has 11 heteroatoms. The van der Waals surface area contributed by atoms with Crippen LogP contribution < -0.4 is 5.32 Å². The molecule has 1 amide bonds. The van der Waals surface area contributed by atoms with Gasteiger partial charge in [0.25, 0.3) is 0 Å². The Bertz CT molecular complexity index is 796. The van der Waals surface area contributed by atoms with E-state index in [0.717, 1.165) is 12.8 Å². The number of carbonyl (C=O) groups excluding carboxylic acids is 1. The summed E-state index contributed by atoms with van der Waals surface area (Å²) in [6, 6.07) is 1.47. The first kappa shape index (κ1) is 25.6. The number of nitrogens with one attached hydrogen (secondary N) is 1. The summed E-state index contributed by atoms with van der Waals surface area (Å²) < 4.78 is 89.9. The Balaban J connectivity index is 1.58. The summed E-state index contributed by atoms with van der Waals surface area (Å²) in [5.41, 5.74) is -3.49. The van der Waals surface area contributed by atoms with Crippen LogP contribution in [0, 0.1) is 0 Å². The Morgan fingerprint density at radius 1 is 1.12 bits per heavy atom. The quantitative estimate of drug-likeness (QED) is 0.560. The minimum atomic E-state index is -4.91. The van der Waals surface area contributed by atoms with Gasteiger partial charge in [-0.3, -0.25) is 0 Å². The van der Waals surface area contributed by atoms with Crippen molar-refractivity contribution < 1.29 is 40.6 Å². The smallest absolute Gasteiger partial charge is 0.416 e. The van der Waals surface area contributed by atoms with Gasteiger partial charge < -0.3 is 19.7 Å². The lowest BCUT2D eigenvalue weighted by atomic mass is 9.90. The van der Waals surface area contributed by atoms with Crippen molar-refractivity contribution in [1.29, 1.82) is 0 Å². The molecule has 5 nitrogen and oxygen atoms in total. The van der Waals surface area contributed by atoms with Gasteiger partial charge in [0.1, 0.15) is 6.10 Å². The molecular formula is C22H28F6N2O3. The largest absolute Gasteiger partial charge is 0.445 e. The van der Waals surface area contributed by atoms with Crippen LogP contribution in [0.25, 0.3) is 0 Å². The highest BCUT2D eigenvalue weighted by Gasteiger charge is 2.38. The number of amides is 1. The molecule has 0 spiro atoms. The molecular weight excluding hydrogens is 454 g/mol. The second-order valence-corrected chi connectivity index (χ2v) is 8.97. The number of ether oxygens (including phenoxy) is 2. The predicted octanol–water partition coefficient (Wildman–Crippen LogP) is 5.54. The zero-order valence-corrected chi connectivity index (χ0v) is 18.5. The predicted molar refractivity (Wildman–Crippen MR) is 108 cm³/mol. The van der Waals surface area contributed by atoms with E-state index in [1.54, 1.807) is 4.90 Å². The van der Waals surface area contributed by atoms with E-state index in [4.69, 9.17) is 9.47 Å². The number of alkyl halides is 6. The number of benzene rings is 1. The van der Waals surface area contributed by atoms with Gasteiger partial charge in [-0.2, -0.15) is 26.3 Å². The molecule has 0 radical (unpaired) electrons. The highest BCUT2D eigenvalue weighted by molar-refractivity contribution is 5.68. The Morgan fingerprint density at radius 2 is 1.70 bits per heavy atom. The van der Waals surface area contributed by atoms with Crippen LogP contribution in [0.15, 0.2) is 18.2 Å². The fourth-order valence-corrected chi connectivity index (χ4v) is 3.99. The van der Waals surface area contributed by atoms with E-state index in [1.165, 1.54) is 6.92 Å². The van der Waals surface area contributed by atoms with Crippen LogP contribution in [0.4, 0.5) is 31.1 Å². The highest BCUT2D eigenvalue weighted by atomic mass is 19.4. The molecule has 0 bridgehead atoms. The van der Waals surface area contributed by atoms with Gasteiger partial charge in [-0.25, -0.2) is 4.79 Å². The summed E-state index contributed by atoms with van der Waals surface area (Å²) in [5, 5.41) is 3.24. The van der Waals surface area contributed by atoms with Crippen molar-refractivity contribution in [1.82, 2.24) is 10.2 Å². The number of hydrogen-bond donors (Lipinski definition) is 1. The van der Waals surface area contributed by atoms with Crippen LogP contribution in [0.3, 0.4) is 0 Å². The van der Waals surface area contributed by atoms with Gasteiger partial charge in [0.15, 0.2) is 0 Å². The molecule has 1 aromatic rings. The molecule has 2 aliphatic rings. The maximum Gasteiger partial charge on any atom is 0.416 e. The van der Waals surface area contributed by atoms with Crippen LogP contribution in [0.5, 0.6) is 0 Å². The molecule has 0 aliphatic carbocycles. The molecule has 2 heterocycles. The highest BCUT2D eigenvalue weighted by Crippen LogP contribution is 2.38. The van der Waals surface area contributed by atoms with Crippen molar-refractivity contribution in [2.45, 2.75) is 69.6 Å². The van der Waals surface area contributed by atoms with Crippen LogP contribution in [0.2, 0.25) is 0 Å². The first-order valence-corrected chi connectivity index (χ1v) is 10.9. The van der Waals surface area contributed by atoms with Crippen LogP contribution >= 0.6 is 0 Å². The Hall–Kier alpha value is -2.01. The minimum Gasteiger partial charge on any atom is -0.445 e. The normalized spacial score (nSPS) is 25.2. The van der Waals surface area contributed by atoms with E-state index in [1.807, 2.05) is 6.92 Å². The van der Waals surface area contributed by atoms with E-state index in [9.17, 15) is 31.1 Å². The van der Waals surface area contributed by atoms with E-state index in [0.29, 0.717) is 44.6 Å². The lowest BCUT2D eigenvalue weighted by molar-refractivity contribution is -0.143. The lowest BCUT2D eigenvalue weighted by Gasteiger charge is -2.39. The number of carbonyl (C=O) groups is 1. The van der Waals surface area contributed by atoms with E-state index < -0.39 is 35.1 Å². The van der Waals surface area contributed by atoms with Crippen molar-refractivity contribution in [3.8, 4) is 0 Å². The van der Waals surface area contributed by atoms with Crippen molar-refractivity contribution in [2.75, 3.05) is 26.2 Å². The fourth-order valence-electron chi connectivity index (χ4n) is 3.99. The SMILES string of the molecule is CC(OCC1(C)CCC(OC(=O)N2CCCC2)CN1)c1cc(C(F)(F)F)cc(C(F)(F)F)c1. The first-order chi connectivity index (χ1) is 15.3. The number of hydrogen-bond acceptors (Lipinski definition) is 4. The zero-order chi connectivity index (χ0) is 24.4. The van der Waals surface area contributed by atoms with Gasteiger partial charge in [0.05, 0.1) is 23.8 Å². The van der Waals surface area contributed by atoms with Crippen molar-refractivity contribution in [3.05, 3.63) is 34.9 Å². The summed E-state index contributed by atoms with van der Waals surface area (Å²) in [6.07, 6.45) is -8.39. The molecule has 33 heavy (non-hydrogen) atoms. The molecule has 2 fully saturated rings. The molecule has 1 aromatic carbocycles. The average Bonchev–Trinajstić information content (AvgIpc) is 3.27. The number of nitrogens with zero attached hydrogens (tertiary/aromatic N) is 1. The molecule has 3 rings (SSSR count). The maximum absolute atomic E-state index is 13.1. The standard InChI is InChI=1S/C22H28F6N2O3/c1-14(15-9-16(21(23,24)25)11-17(10-15)22(26,27)28)32-13-20(2)6-5-18(12-29-20)33-19(31)30-7-3-4-8-30/h9-11,14,18,29H,3-8,12-13H2,1-2H3. The van der Waals surface area contributed by atoms with Gasteiger partial charge >= 0.3 is 18.4 Å². The van der Waals surface area contributed by atoms with Crippen molar-refractivity contribution >= 4 is 6.09 Å². The van der Waals surface area contributed by atoms with Gasteiger partial charge in [0.2, 0.25) is 0 Å². The zero-order valence-electron chi connectivity index (χ0n) is 18.5. The molecule has 0 aromatic heterocycles. The first-order valence-electron chi connectivity index (χ1n) is 10.9. The minimum absolute atomic E-state index is 0.0680. The summed E-state index contributed by atoms with van der Waals surface area (Å²) in [5.74, 6) is 0. The summed E-state index contributed by atoms with van der Waals surface area (Å²) >= 11 is 0. The topological polar surface area (TPSA) is 50.8 Å². The third kappa shape index (κ3) is 6.75. The molecule has 0 saturated carbocycles. The van der Waals surface area contributed by atoms with E-state index >= 15 is 0 Å². The second kappa shape index (κ2) is 9.69. The summed E-state index contributed by atoms with van der Waals surface area (Å²) in [6.45, 7) is 5.10. The Labute approximate surface area is 188 Å². The van der Waals surface area contributed by atoms with Crippen LogP contribution in [-0.2, 0) is 21.8 Å². The number of halogens is 6. The molecule has 186 valence electrons. The number of piperidine rings is 1. The Morgan fingerprint density at radius 3 is 2.18 bits per heavy atom. The van der Waals surface area contributed by atoms with Gasteiger partial charge in [-0.05, 0) is 63.3 Å². The maximum atomic E-state index is 13.1. The summed E-state index contributed by atoms with van der Waals surface area (Å²) in [7, 11) is 0. The third-order valence-corrected chi connectivity index (χ3v) is 6.14. The summed E-state index contributed by atoms with van der Waals surface area (Å²) in [4.78, 5) is 13.8. The van der Waals surface area contributed by atoms with Gasteiger partial charge in [0, 0.05) is 25.2 Å². The molecule has 2 saturated heterocycles. The second-order valence-electron chi connectivity index (χ2n) is 8.97. The van der Waals surface area contributed by atoms with Crippen molar-refractivity contribution in [3.63, 3.8) is 0 Å². The Kier molecular flexibility index (Phi) is 7.52. The monoisotopic (exact) mass is 482 g/mol. The lowest BCUT2D eigenvalue weighted by Crippen LogP contribution is -2.54. The van der Waals surface area contributed by atoms with E-state index in [2.05, 4.69) is 5.32 Å². The number of rotatable bonds is 5. The van der Waals surface area contributed by atoms with Gasteiger partial charge in [-0.1, -0.05) is 0 Å². The molecule has 1 N–H and O–H groups in total. The van der Waals surface area contributed by atoms with Crippen LogP contribution in [-0.4, -0.2) is 48.9 Å².